The molecular formula is C17H19F2N3O4. The van der Waals surface area contributed by atoms with Crippen molar-refractivity contribution < 1.29 is 27.8 Å². The van der Waals surface area contributed by atoms with E-state index in [4.69, 9.17) is 4.74 Å². The van der Waals surface area contributed by atoms with E-state index in [-0.39, 0.29) is 11.3 Å². The van der Waals surface area contributed by atoms with Gasteiger partial charge in [-0.15, -0.1) is 0 Å². The molecule has 9 heteroatoms. The number of esters is 1. The summed E-state index contributed by atoms with van der Waals surface area (Å²) in [6.07, 6.45) is -1.06. The summed E-state index contributed by atoms with van der Waals surface area (Å²) in [7, 11) is 1.75. The Morgan fingerprint density at radius 2 is 1.81 bits per heavy atom. The zero-order chi connectivity index (χ0) is 19.4. The number of aryl methyl sites for hydroxylation is 2. The number of hydrogen-bond donors (Lipinski definition) is 1. The number of carbonyl (C=O) groups is 2. The number of aromatic nitrogens is 2. The van der Waals surface area contributed by atoms with Gasteiger partial charge in [0, 0.05) is 7.05 Å². The van der Waals surface area contributed by atoms with E-state index in [0.29, 0.717) is 11.4 Å². The highest BCUT2D eigenvalue weighted by Crippen LogP contribution is 2.19. The van der Waals surface area contributed by atoms with E-state index in [9.17, 15) is 18.4 Å². The summed E-state index contributed by atoms with van der Waals surface area (Å²) in [6, 6.07) is 4.99. The average molecular weight is 367 g/mol. The Balaban J connectivity index is 1.98. The van der Waals surface area contributed by atoms with Crippen LogP contribution in [0.5, 0.6) is 5.75 Å². The first-order valence-corrected chi connectivity index (χ1v) is 7.76. The molecule has 0 aliphatic heterocycles. The molecule has 1 aromatic carbocycles. The lowest BCUT2D eigenvalue weighted by Gasteiger charge is -2.14. The minimum absolute atomic E-state index is 0.0788. The van der Waals surface area contributed by atoms with Crippen LogP contribution in [-0.2, 0) is 16.6 Å². The third-order valence-corrected chi connectivity index (χ3v) is 3.73. The van der Waals surface area contributed by atoms with Gasteiger partial charge in [-0.05, 0) is 45.0 Å². The molecule has 7 nitrogen and oxygen atoms in total. The minimum atomic E-state index is -2.95. The van der Waals surface area contributed by atoms with Crippen molar-refractivity contribution in [2.75, 3.05) is 5.32 Å². The second-order valence-corrected chi connectivity index (χ2v) is 5.61. The number of halogens is 2. The molecule has 0 fully saturated rings. The van der Waals surface area contributed by atoms with Crippen molar-refractivity contribution in [3.05, 3.63) is 41.2 Å². The molecular weight excluding hydrogens is 348 g/mol. The highest BCUT2D eigenvalue weighted by Gasteiger charge is 2.21. The van der Waals surface area contributed by atoms with Crippen molar-refractivity contribution in [1.29, 1.82) is 0 Å². The molecule has 0 saturated heterocycles. The van der Waals surface area contributed by atoms with Crippen molar-refractivity contribution >= 4 is 17.6 Å². The van der Waals surface area contributed by atoms with E-state index >= 15 is 0 Å². The number of benzene rings is 1. The molecule has 0 saturated carbocycles. The molecule has 140 valence electrons. The van der Waals surface area contributed by atoms with Crippen molar-refractivity contribution in [3.8, 4) is 5.75 Å². The van der Waals surface area contributed by atoms with Crippen LogP contribution < -0.4 is 10.1 Å². The Morgan fingerprint density at radius 3 is 2.31 bits per heavy atom. The third kappa shape index (κ3) is 4.56. The van der Waals surface area contributed by atoms with Gasteiger partial charge in [-0.25, -0.2) is 4.79 Å². The van der Waals surface area contributed by atoms with Crippen LogP contribution >= 0.6 is 0 Å². The lowest BCUT2D eigenvalue weighted by atomic mass is 10.2. The number of nitrogens with one attached hydrogen (secondary N) is 1. The molecule has 0 aliphatic carbocycles. The van der Waals surface area contributed by atoms with E-state index in [1.165, 1.54) is 31.2 Å². The average Bonchev–Trinajstić information content (AvgIpc) is 2.81. The Morgan fingerprint density at radius 1 is 1.19 bits per heavy atom. The number of amides is 1. The summed E-state index contributed by atoms with van der Waals surface area (Å²) in [5.74, 6) is -1.34. The number of nitrogens with zero attached hydrogens (tertiary/aromatic N) is 2. The fourth-order valence-corrected chi connectivity index (χ4v) is 2.23. The zero-order valence-corrected chi connectivity index (χ0v) is 14.7. The third-order valence-electron chi connectivity index (χ3n) is 3.73. The maximum atomic E-state index is 12.2. The van der Waals surface area contributed by atoms with Gasteiger partial charge in [-0.1, -0.05) is 0 Å². The molecule has 2 aromatic rings. The first kappa shape index (κ1) is 19.4. The maximum Gasteiger partial charge on any atom is 0.387 e. The number of rotatable bonds is 6. The smallest absolute Gasteiger partial charge is 0.387 e. The predicted molar refractivity (Wildman–Crippen MR) is 89.3 cm³/mol. The van der Waals surface area contributed by atoms with E-state index < -0.39 is 24.6 Å². The monoisotopic (exact) mass is 367 g/mol. The summed E-state index contributed by atoms with van der Waals surface area (Å²) < 4.78 is 35.2. The quantitative estimate of drug-likeness (QED) is 0.794. The van der Waals surface area contributed by atoms with Gasteiger partial charge in [-0.3, -0.25) is 9.48 Å². The van der Waals surface area contributed by atoms with Gasteiger partial charge in [0.05, 0.1) is 22.6 Å². The van der Waals surface area contributed by atoms with Gasteiger partial charge in [0.25, 0.3) is 5.91 Å². The van der Waals surface area contributed by atoms with Crippen LogP contribution in [0, 0.1) is 13.8 Å². The van der Waals surface area contributed by atoms with Gasteiger partial charge < -0.3 is 14.8 Å². The topological polar surface area (TPSA) is 82.5 Å². The number of carbonyl (C=O) groups excluding carboxylic acids is 2. The van der Waals surface area contributed by atoms with E-state index in [1.807, 2.05) is 0 Å². The van der Waals surface area contributed by atoms with E-state index in [2.05, 4.69) is 15.2 Å². The normalized spacial score (nSPS) is 12.0. The van der Waals surface area contributed by atoms with Crippen LogP contribution in [0.15, 0.2) is 24.3 Å². The van der Waals surface area contributed by atoms with Gasteiger partial charge >= 0.3 is 12.6 Å². The van der Waals surface area contributed by atoms with Crippen LogP contribution in [0.3, 0.4) is 0 Å². The van der Waals surface area contributed by atoms with Crippen molar-refractivity contribution in [3.63, 3.8) is 0 Å². The second-order valence-electron chi connectivity index (χ2n) is 5.61. The van der Waals surface area contributed by atoms with Gasteiger partial charge in [0.1, 0.15) is 5.75 Å². The summed E-state index contributed by atoms with van der Waals surface area (Å²) in [6.45, 7) is 2.04. The van der Waals surface area contributed by atoms with Gasteiger partial charge in [0.2, 0.25) is 0 Å². The minimum Gasteiger partial charge on any atom is -0.449 e. The number of anilines is 1. The predicted octanol–water partition coefficient (Wildman–Crippen LogP) is 2.82. The van der Waals surface area contributed by atoms with Crippen LogP contribution in [0.25, 0.3) is 0 Å². The summed E-state index contributed by atoms with van der Waals surface area (Å²) >= 11 is 0. The number of ether oxygens (including phenoxy) is 2. The lowest BCUT2D eigenvalue weighted by Crippen LogP contribution is -2.30. The fraction of sp³-hybridized carbons (Fsp3) is 0.353. The van der Waals surface area contributed by atoms with E-state index in [0.717, 1.165) is 5.69 Å². The molecule has 1 amide bonds. The maximum absolute atomic E-state index is 12.2. The van der Waals surface area contributed by atoms with Crippen LogP contribution in [0.1, 0.15) is 28.7 Å². The Hall–Kier alpha value is -2.97. The lowest BCUT2D eigenvalue weighted by molar-refractivity contribution is -0.123. The zero-order valence-electron chi connectivity index (χ0n) is 14.7. The largest absolute Gasteiger partial charge is 0.449 e. The van der Waals surface area contributed by atoms with Crippen molar-refractivity contribution in [2.24, 2.45) is 7.05 Å². The SMILES string of the molecule is Cc1nn(C)c(C)c1NC(=O)[C@@H](C)OC(=O)c1ccc(OC(F)F)cc1. The number of alkyl halides is 2. The summed E-state index contributed by atoms with van der Waals surface area (Å²) in [5, 5.41) is 6.87. The molecule has 2 rings (SSSR count). The molecule has 1 N–H and O–H groups in total. The molecule has 0 radical (unpaired) electrons. The molecule has 0 aliphatic rings. The van der Waals surface area contributed by atoms with E-state index in [1.54, 1.807) is 25.6 Å². The molecule has 0 bridgehead atoms. The van der Waals surface area contributed by atoms with Crippen molar-refractivity contribution in [2.45, 2.75) is 33.5 Å². The summed E-state index contributed by atoms with van der Waals surface area (Å²) in [5.41, 5.74) is 2.09. The highest BCUT2D eigenvalue weighted by molar-refractivity contribution is 5.98. The Bertz CT molecular complexity index is 803. The first-order valence-electron chi connectivity index (χ1n) is 7.76. The van der Waals surface area contributed by atoms with Crippen LogP contribution in [0.2, 0.25) is 0 Å². The second kappa shape index (κ2) is 7.94. The van der Waals surface area contributed by atoms with Crippen LogP contribution in [0.4, 0.5) is 14.5 Å². The van der Waals surface area contributed by atoms with Crippen molar-refractivity contribution in [1.82, 2.24) is 9.78 Å². The van der Waals surface area contributed by atoms with Gasteiger partial charge in [-0.2, -0.15) is 13.9 Å². The molecule has 1 heterocycles. The molecule has 1 aromatic heterocycles. The van der Waals surface area contributed by atoms with Gasteiger partial charge in [0.15, 0.2) is 6.10 Å². The molecule has 0 unspecified atom stereocenters. The Labute approximate surface area is 148 Å². The first-order chi connectivity index (χ1) is 12.2. The number of hydrogen-bond acceptors (Lipinski definition) is 5. The van der Waals surface area contributed by atoms with Crippen LogP contribution in [-0.4, -0.2) is 34.4 Å². The molecule has 26 heavy (non-hydrogen) atoms. The highest BCUT2D eigenvalue weighted by atomic mass is 19.3. The fourth-order valence-electron chi connectivity index (χ4n) is 2.23. The summed E-state index contributed by atoms with van der Waals surface area (Å²) in [4.78, 5) is 24.3. The molecule has 1 atom stereocenters. The Kier molecular flexibility index (Phi) is 5.91. The standard InChI is InChI=1S/C17H19F2N3O4/c1-9-14(10(2)22(4)21-9)20-15(23)11(3)25-16(24)12-5-7-13(8-6-12)26-17(18)19/h5-8,11,17H,1-4H3,(H,20,23)/t11-/m1/s1. The molecule has 0 spiro atoms.